The molecule has 0 aliphatic carbocycles. The monoisotopic (exact) mass is 796 g/mol. The van der Waals surface area contributed by atoms with Crippen LogP contribution in [0.3, 0.4) is 0 Å². The first kappa shape index (κ1) is 42.6. The average molecular weight is 796 g/mol. The van der Waals surface area contributed by atoms with E-state index in [4.69, 9.17) is 0 Å². The Hall–Kier alpha value is 0.0400. The first-order valence-corrected chi connectivity index (χ1v) is 28.1. The Labute approximate surface area is 332 Å². The van der Waals surface area contributed by atoms with E-state index in [2.05, 4.69) is 137 Å². The minimum atomic E-state index is -0.325. The van der Waals surface area contributed by atoms with Crippen molar-refractivity contribution in [2.75, 3.05) is 20.6 Å². The van der Waals surface area contributed by atoms with Crippen LogP contribution in [-0.2, 0) is 0 Å². The van der Waals surface area contributed by atoms with Gasteiger partial charge in [-0.05, 0) is 173 Å². The highest BCUT2D eigenvalue weighted by atomic mass is 31.2. The lowest BCUT2D eigenvalue weighted by Crippen LogP contribution is -2.36. The zero-order valence-corrected chi connectivity index (χ0v) is 38.9. The molecule has 2 aromatic rings. The highest BCUT2D eigenvalue weighted by Crippen LogP contribution is 2.81. The molecule has 296 valence electrons. The van der Waals surface area contributed by atoms with E-state index < -0.39 is 0 Å². The molecule has 4 saturated heterocycles. The quantitative estimate of drug-likeness (QED) is 0.117. The van der Waals surface area contributed by atoms with Crippen molar-refractivity contribution in [3.8, 4) is 0 Å². The molecule has 0 N–H and O–H groups in total. The van der Waals surface area contributed by atoms with Crippen LogP contribution in [0.4, 0.5) is 0 Å². The third kappa shape index (κ3) is 8.75. The average Bonchev–Trinajstić information content (AvgIpc) is 4.00. The number of hydrogen-bond donors (Lipinski definition) is 0. The molecule has 4 heterocycles. The fourth-order valence-electron chi connectivity index (χ4n) is 11.8. The first-order valence-electron chi connectivity index (χ1n) is 22.3. The van der Waals surface area contributed by atoms with Crippen molar-refractivity contribution in [1.29, 1.82) is 0 Å². The molecule has 0 spiro atoms. The second-order valence-electron chi connectivity index (χ2n) is 17.0. The van der Waals surface area contributed by atoms with E-state index in [1.807, 2.05) is 0 Å². The summed E-state index contributed by atoms with van der Waals surface area (Å²) in [5.41, 5.74) is 10.0. The largest absolute Gasteiger partial charge is 0.258 e. The maximum atomic E-state index is 3.35. The molecule has 4 fully saturated rings. The van der Waals surface area contributed by atoms with Gasteiger partial charge in [-0.3, -0.25) is 4.44 Å². The van der Waals surface area contributed by atoms with Gasteiger partial charge in [-0.2, -0.15) is 0 Å². The Morgan fingerprint density at radius 3 is 1.36 bits per heavy atom. The Bertz CT molecular complexity index is 1310. The number of nitrogens with zero attached hydrogens (tertiary/aromatic N) is 3. The smallest absolute Gasteiger partial charge is 0.0183 e. The molecule has 4 aliphatic heterocycles. The first-order chi connectivity index (χ1) is 25.9. The molecule has 0 bridgehead atoms. The van der Waals surface area contributed by atoms with Crippen molar-refractivity contribution in [3.05, 3.63) is 71.8 Å². The van der Waals surface area contributed by atoms with E-state index in [1.165, 1.54) is 96.4 Å². The SMILES string of the molecule is CCCCN(P1[C@H](CC)CC(C2C[C@@H](CC)P(N(C)N(C)P3[C@H](CC)CC[C@H]3CC)[C@@H]2CC)[C@H]1CC)P1[C@H](c2ccccc2)CC[C@H]1c1ccccc1. The van der Waals surface area contributed by atoms with Gasteiger partial charge in [0, 0.05) is 32.0 Å². The lowest BCUT2D eigenvalue weighted by atomic mass is 9.79. The second kappa shape index (κ2) is 20.1. The molecule has 0 aromatic heterocycles. The molecule has 0 saturated carbocycles. The van der Waals surface area contributed by atoms with Crippen LogP contribution in [0, 0.1) is 11.8 Å². The van der Waals surface area contributed by atoms with Gasteiger partial charge in [-0.15, -0.1) is 0 Å². The normalized spacial score (nSPS) is 35.5. The minimum absolute atomic E-state index is 0.0838. The summed E-state index contributed by atoms with van der Waals surface area (Å²) in [5.74, 6) is 1.80. The highest BCUT2D eigenvalue weighted by molar-refractivity contribution is 7.71. The Balaban J connectivity index is 1.34. The molecule has 4 unspecified atom stereocenters. The van der Waals surface area contributed by atoms with E-state index in [-0.39, 0.29) is 32.3 Å². The van der Waals surface area contributed by atoms with Crippen LogP contribution >= 0.6 is 32.3 Å². The molecular weight excluding hydrogens is 718 g/mol. The summed E-state index contributed by atoms with van der Waals surface area (Å²) < 4.78 is 9.20. The molecule has 3 nitrogen and oxygen atoms in total. The van der Waals surface area contributed by atoms with Crippen molar-refractivity contribution >= 4 is 32.3 Å². The molecule has 6 rings (SSSR count). The van der Waals surface area contributed by atoms with Crippen molar-refractivity contribution in [2.45, 2.75) is 184 Å². The van der Waals surface area contributed by atoms with Gasteiger partial charge in [0.2, 0.25) is 0 Å². The predicted octanol–water partition coefficient (Wildman–Crippen LogP) is 15.2. The number of hydrogen-bond acceptors (Lipinski definition) is 3. The highest BCUT2D eigenvalue weighted by Gasteiger charge is 2.56. The predicted molar refractivity (Wildman–Crippen MR) is 242 cm³/mol. The molecule has 0 amide bonds. The van der Waals surface area contributed by atoms with Crippen LogP contribution in [0.15, 0.2) is 60.7 Å². The van der Waals surface area contributed by atoms with Crippen LogP contribution in [0.25, 0.3) is 0 Å². The summed E-state index contributed by atoms with van der Waals surface area (Å²) in [5, 5.41) is 0. The Kier molecular flexibility index (Phi) is 16.2. The van der Waals surface area contributed by atoms with Gasteiger partial charge in [0.15, 0.2) is 0 Å². The van der Waals surface area contributed by atoms with Crippen LogP contribution in [0.5, 0.6) is 0 Å². The molecule has 53 heavy (non-hydrogen) atoms. The van der Waals surface area contributed by atoms with Gasteiger partial charge in [0.1, 0.15) is 0 Å². The van der Waals surface area contributed by atoms with Crippen LogP contribution < -0.4 is 0 Å². The van der Waals surface area contributed by atoms with Gasteiger partial charge < -0.3 is 0 Å². The van der Waals surface area contributed by atoms with E-state index in [9.17, 15) is 0 Å². The lowest BCUT2D eigenvalue weighted by molar-refractivity contribution is 0.252. The fraction of sp³-hybridized carbons (Fsp3) is 0.739. The molecular formula is C46H77N3P4. The van der Waals surface area contributed by atoms with E-state index in [0.717, 1.165) is 45.8 Å². The molecule has 7 heteroatoms. The Morgan fingerprint density at radius 2 is 0.925 bits per heavy atom. The summed E-state index contributed by atoms with van der Waals surface area (Å²) in [6, 6.07) is 23.6. The lowest BCUT2D eigenvalue weighted by Gasteiger charge is -2.46. The van der Waals surface area contributed by atoms with Gasteiger partial charge in [0.25, 0.3) is 0 Å². The standard InChI is InChI=1S/C46H77N3P4/c1-10-17-32-49(53-45(35-24-20-18-21-25-35)30-31-46(53)36-26-22-19-23-27-36)52-40(14-5)34-42(44(52)16-7)41-33-39(13-4)51(43(41)15-6)48(9)47(8)50-37(11-2)28-29-38(50)12-3/h18-27,37-46H,10-17,28-34H2,1-9H3/t37-,38-,39-,40-,41?,42?,43-,44-,45+,46+,51?,52?/m1/s1. The van der Waals surface area contributed by atoms with Gasteiger partial charge in [-0.1, -0.05) is 116 Å². The molecule has 12 atom stereocenters. The van der Waals surface area contributed by atoms with Crippen molar-refractivity contribution in [1.82, 2.24) is 14.0 Å². The molecule has 2 aromatic carbocycles. The van der Waals surface area contributed by atoms with Crippen LogP contribution in [0.2, 0.25) is 0 Å². The number of unbranched alkanes of at least 4 members (excludes halogenated alkanes) is 1. The van der Waals surface area contributed by atoms with Gasteiger partial charge in [0.05, 0.1) is 0 Å². The topological polar surface area (TPSA) is 9.72 Å². The van der Waals surface area contributed by atoms with Crippen molar-refractivity contribution in [3.63, 3.8) is 0 Å². The van der Waals surface area contributed by atoms with Gasteiger partial charge >= 0.3 is 0 Å². The second-order valence-corrected chi connectivity index (χ2v) is 27.9. The third-order valence-corrected chi connectivity index (χ3v) is 29.8. The zero-order valence-electron chi connectivity index (χ0n) is 35.3. The summed E-state index contributed by atoms with van der Waals surface area (Å²) in [4.78, 5) is 0. The van der Waals surface area contributed by atoms with Crippen LogP contribution in [-0.4, -0.2) is 68.6 Å². The fourth-order valence-corrected chi connectivity index (χ4v) is 28.8. The summed E-state index contributed by atoms with van der Waals surface area (Å²) in [7, 11) is 4.30. The molecule has 4 aliphatic rings. The maximum absolute atomic E-state index is 3.35. The van der Waals surface area contributed by atoms with E-state index >= 15 is 0 Å². The third-order valence-electron chi connectivity index (χ3n) is 14.4. The summed E-state index contributed by atoms with van der Waals surface area (Å²) in [6.45, 7) is 19.0. The molecule has 0 radical (unpaired) electrons. The minimum Gasteiger partial charge on any atom is -0.258 e. The summed E-state index contributed by atoms with van der Waals surface area (Å²) in [6.07, 6.45) is 19.5. The van der Waals surface area contributed by atoms with Crippen molar-refractivity contribution in [2.24, 2.45) is 11.8 Å². The van der Waals surface area contributed by atoms with Crippen LogP contribution in [0.1, 0.15) is 161 Å². The van der Waals surface area contributed by atoms with E-state index in [0.29, 0.717) is 11.3 Å². The zero-order chi connectivity index (χ0) is 37.6. The van der Waals surface area contributed by atoms with Gasteiger partial charge in [-0.25, -0.2) is 9.56 Å². The summed E-state index contributed by atoms with van der Waals surface area (Å²) >= 11 is 0. The number of rotatable bonds is 17. The number of hydrazine groups is 1. The van der Waals surface area contributed by atoms with Crippen molar-refractivity contribution < 1.29 is 0 Å². The Morgan fingerprint density at radius 1 is 0.491 bits per heavy atom. The maximum Gasteiger partial charge on any atom is 0.0183 e. The number of benzene rings is 2. The van der Waals surface area contributed by atoms with E-state index in [1.54, 1.807) is 11.1 Å².